The van der Waals surface area contributed by atoms with Gasteiger partial charge < -0.3 is 4.74 Å². The van der Waals surface area contributed by atoms with Crippen LogP contribution in [-0.2, 0) is 10.5 Å². The lowest BCUT2D eigenvalue weighted by Gasteiger charge is -2.04. The van der Waals surface area contributed by atoms with Gasteiger partial charge in [-0.1, -0.05) is 52.9 Å². The number of ether oxygens (including phenoxy) is 1. The molecule has 4 nitrogen and oxygen atoms in total. The van der Waals surface area contributed by atoms with Crippen molar-refractivity contribution in [2.75, 3.05) is 12.4 Å². The standard InChI is InChI=1S/C19H19BrN2O2S/c1-2-9-24-18-8-4-5-15(11-18)12-21-22-19(23)14-25-13-16-6-3-7-17(20)10-16/h2-8,10-12H,1,9,13-14H2,(H,22,23)/b21-12-. The largest absolute Gasteiger partial charge is 0.490 e. The van der Waals surface area contributed by atoms with E-state index in [2.05, 4.69) is 33.0 Å². The molecule has 0 spiro atoms. The van der Waals surface area contributed by atoms with Crippen LogP contribution in [0.15, 0.2) is 70.8 Å². The molecule has 25 heavy (non-hydrogen) atoms. The van der Waals surface area contributed by atoms with Gasteiger partial charge in [-0.2, -0.15) is 5.10 Å². The van der Waals surface area contributed by atoms with Crippen molar-refractivity contribution in [1.29, 1.82) is 0 Å². The van der Waals surface area contributed by atoms with Crippen LogP contribution in [0.4, 0.5) is 0 Å². The third kappa shape index (κ3) is 7.58. The molecule has 2 aromatic rings. The van der Waals surface area contributed by atoms with Crippen LogP contribution < -0.4 is 10.2 Å². The van der Waals surface area contributed by atoms with Crippen molar-refractivity contribution in [2.24, 2.45) is 5.10 Å². The third-order valence-electron chi connectivity index (χ3n) is 3.02. The predicted octanol–water partition coefficient (Wildman–Crippen LogP) is 4.40. The van der Waals surface area contributed by atoms with Crippen LogP contribution in [0.1, 0.15) is 11.1 Å². The van der Waals surface area contributed by atoms with Crippen molar-refractivity contribution in [2.45, 2.75) is 5.75 Å². The fourth-order valence-electron chi connectivity index (χ4n) is 1.94. The number of carbonyl (C=O) groups is 1. The maximum Gasteiger partial charge on any atom is 0.250 e. The minimum absolute atomic E-state index is 0.129. The summed E-state index contributed by atoms with van der Waals surface area (Å²) in [5.41, 5.74) is 4.56. The average molecular weight is 419 g/mol. The smallest absolute Gasteiger partial charge is 0.250 e. The molecule has 0 atom stereocenters. The molecule has 130 valence electrons. The van der Waals surface area contributed by atoms with Crippen LogP contribution in [0.5, 0.6) is 5.75 Å². The van der Waals surface area contributed by atoms with E-state index in [1.807, 2.05) is 48.5 Å². The summed E-state index contributed by atoms with van der Waals surface area (Å²) in [6.07, 6.45) is 3.28. The van der Waals surface area contributed by atoms with E-state index in [4.69, 9.17) is 4.74 Å². The molecule has 0 aliphatic heterocycles. The van der Waals surface area contributed by atoms with Gasteiger partial charge in [0.2, 0.25) is 5.91 Å². The highest BCUT2D eigenvalue weighted by Gasteiger charge is 2.01. The molecule has 0 radical (unpaired) electrons. The van der Waals surface area contributed by atoms with E-state index < -0.39 is 0 Å². The molecule has 0 aliphatic rings. The maximum absolute atomic E-state index is 11.8. The minimum atomic E-state index is -0.129. The molecule has 6 heteroatoms. The molecule has 0 heterocycles. The third-order valence-corrected chi connectivity index (χ3v) is 4.52. The Kier molecular flexibility index (Phi) is 8.28. The van der Waals surface area contributed by atoms with E-state index in [-0.39, 0.29) is 5.91 Å². The lowest BCUT2D eigenvalue weighted by atomic mass is 10.2. The molecular weight excluding hydrogens is 400 g/mol. The number of hydrazone groups is 1. The molecule has 0 bridgehead atoms. The molecule has 0 saturated heterocycles. The molecule has 1 amide bonds. The van der Waals surface area contributed by atoms with Gasteiger partial charge in [0.25, 0.3) is 0 Å². The Morgan fingerprint density at radius 2 is 2.12 bits per heavy atom. The Morgan fingerprint density at radius 1 is 1.28 bits per heavy atom. The second-order valence-corrected chi connectivity index (χ2v) is 6.99. The summed E-state index contributed by atoms with van der Waals surface area (Å²) in [7, 11) is 0. The Morgan fingerprint density at radius 3 is 2.92 bits per heavy atom. The SMILES string of the molecule is C=CCOc1cccc(/C=N\NC(=O)CSCc2cccc(Br)c2)c1. The number of hydrogen-bond acceptors (Lipinski definition) is 4. The zero-order valence-corrected chi connectivity index (χ0v) is 16.1. The quantitative estimate of drug-likeness (QED) is 0.373. The summed E-state index contributed by atoms with van der Waals surface area (Å²) >= 11 is 4.98. The summed E-state index contributed by atoms with van der Waals surface area (Å²) in [4.78, 5) is 11.8. The Labute approximate surface area is 160 Å². The van der Waals surface area contributed by atoms with E-state index >= 15 is 0 Å². The topological polar surface area (TPSA) is 50.7 Å². The van der Waals surface area contributed by atoms with E-state index in [0.29, 0.717) is 12.4 Å². The molecule has 0 aromatic heterocycles. The highest BCUT2D eigenvalue weighted by molar-refractivity contribution is 9.10. The van der Waals surface area contributed by atoms with Gasteiger partial charge in [0.05, 0.1) is 12.0 Å². The normalized spacial score (nSPS) is 10.6. The second-order valence-electron chi connectivity index (χ2n) is 5.09. The summed E-state index contributed by atoms with van der Waals surface area (Å²) in [6, 6.07) is 15.5. The van der Waals surface area contributed by atoms with Gasteiger partial charge in [-0.15, -0.1) is 11.8 Å². The van der Waals surface area contributed by atoms with Crippen LogP contribution in [0.25, 0.3) is 0 Å². The number of hydrogen-bond donors (Lipinski definition) is 1. The van der Waals surface area contributed by atoms with Crippen molar-refractivity contribution in [3.05, 3.63) is 76.8 Å². The zero-order valence-electron chi connectivity index (χ0n) is 13.7. The fraction of sp³-hybridized carbons (Fsp3) is 0.158. The van der Waals surface area contributed by atoms with Crippen LogP contribution in [0.2, 0.25) is 0 Å². The fourth-order valence-corrected chi connectivity index (χ4v) is 3.15. The van der Waals surface area contributed by atoms with Gasteiger partial charge in [-0.3, -0.25) is 4.79 Å². The summed E-state index contributed by atoms with van der Waals surface area (Å²) in [5.74, 6) is 1.74. The summed E-state index contributed by atoms with van der Waals surface area (Å²) < 4.78 is 6.49. The van der Waals surface area contributed by atoms with E-state index in [1.165, 1.54) is 5.56 Å². The van der Waals surface area contributed by atoms with Crippen molar-refractivity contribution >= 4 is 39.8 Å². The highest BCUT2D eigenvalue weighted by atomic mass is 79.9. The number of halogens is 1. The predicted molar refractivity (Wildman–Crippen MR) is 108 cm³/mol. The number of thioether (sulfide) groups is 1. The highest BCUT2D eigenvalue weighted by Crippen LogP contribution is 2.16. The molecule has 0 aliphatic carbocycles. The van der Waals surface area contributed by atoms with Crippen molar-refractivity contribution in [1.82, 2.24) is 5.43 Å². The molecule has 0 unspecified atom stereocenters. The van der Waals surface area contributed by atoms with Gasteiger partial charge in [0, 0.05) is 10.2 Å². The first kappa shape index (κ1) is 19.3. The summed E-state index contributed by atoms with van der Waals surface area (Å²) in [5, 5.41) is 3.98. The monoisotopic (exact) mass is 418 g/mol. The van der Waals surface area contributed by atoms with Gasteiger partial charge in [-0.05, 0) is 35.4 Å². The van der Waals surface area contributed by atoms with Crippen LogP contribution in [0, 0.1) is 0 Å². The van der Waals surface area contributed by atoms with Gasteiger partial charge >= 0.3 is 0 Å². The Bertz CT molecular complexity index is 750. The van der Waals surface area contributed by atoms with Crippen LogP contribution in [0.3, 0.4) is 0 Å². The van der Waals surface area contributed by atoms with E-state index in [1.54, 1.807) is 24.1 Å². The zero-order chi connectivity index (χ0) is 17.9. The van der Waals surface area contributed by atoms with Gasteiger partial charge in [-0.25, -0.2) is 5.43 Å². The van der Waals surface area contributed by atoms with Crippen LogP contribution in [-0.4, -0.2) is 24.5 Å². The average Bonchev–Trinajstić information content (AvgIpc) is 2.60. The minimum Gasteiger partial charge on any atom is -0.490 e. The van der Waals surface area contributed by atoms with E-state index in [9.17, 15) is 4.79 Å². The number of nitrogens with zero attached hydrogens (tertiary/aromatic N) is 1. The first-order valence-corrected chi connectivity index (χ1v) is 9.60. The van der Waals surface area contributed by atoms with Crippen molar-refractivity contribution in [3.8, 4) is 5.75 Å². The number of nitrogens with one attached hydrogen (secondary N) is 1. The number of rotatable bonds is 9. The second kappa shape index (κ2) is 10.7. The first-order chi connectivity index (χ1) is 12.2. The molecule has 2 aromatic carbocycles. The molecule has 1 N–H and O–H groups in total. The first-order valence-electron chi connectivity index (χ1n) is 7.65. The molecule has 0 saturated carbocycles. The maximum atomic E-state index is 11.8. The number of benzene rings is 2. The molecule has 0 fully saturated rings. The lowest BCUT2D eigenvalue weighted by molar-refractivity contribution is -0.118. The Balaban J connectivity index is 1.73. The summed E-state index contributed by atoms with van der Waals surface area (Å²) in [6.45, 7) is 4.06. The van der Waals surface area contributed by atoms with Gasteiger partial charge in [0.15, 0.2) is 0 Å². The van der Waals surface area contributed by atoms with Crippen molar-refractivity contribution in [3.63, 3.8) is 0 Å². The molecular formula is C19H19BrN2O2S. The molecule has 2 rings (SSSR count). The van der Waals surface area contributed by atoms with Gasteiger partial charge in [0.1, 0.15) is 12.4 Å². The number of carbonyl (C=O) groups excluding carboxylic acids is 1. The van der Waals surface area contributed by atoms with E-state index in [0.717, 1.165) is 21.5 Å². The van der Waals surface area contributed by atoms with Crippen molar-refractivity contribution < 1.29 is 9.53 Å². The lowest BCUT2D eigenvalue weighted by Crippen LogP contribution is -2.19. The van der Waals surface area contributed by atoms with Crippen LogP contribution >= 0.6 is 27.7 Å². The number of amides is 1. The Hall–Kier alpha value is -2.05.